The summed E-state index contributed by atoms with van der Waals surface area (Å²) in [7, 11) is 0. The van der Waals surface area contributed by atoms with Gasteiger partial charge in [-0.25, -0.2) is 0 Å². The third-order valence-electron chi connectivity index (χ3n) is 5.16. The molecule has 7 heteroatoms. The molecule has 27 heavy (non-hydrogen) atoms. The molecule has 1 amide bonds. The standard InChI is InChI=1S/C20H27N3O3S/c24-20(10-7-17-5-8-18(9-6-17)23(25)26)22-13-4-14-27-16-19(22)15-21-11-2-1-3-12-21/h5-10,19H,1-4,11-16H2/b10-7+. The second-order valence-electron chi connectivity index (χ2n) is 7.16. The fourth-order valence-electron chi connectivity index (χ4n) is 3.68. The Morgan fingerprint density at radius 2 is 1.89 bits per heavy atom. The number of nitro groups is 1. The molecule has 1 unspecified atom stereocenters. The Labute approximate surface area is 164 Å². The molecule has 1 aromatic carbocycles. The first kappa shape index (κ1) is 19.9. The first-order valence-corrected chi connectivity index (χ1v) is 10.8. The van der Waals surface area contributed by atoms with Gasteiger partial charge in [-0.15, -0.1) is 0 Å². The third kappa shape index (κ3) is 5.81. The van der Waals surface area contributed by atoms with Crippen LogP contribution in [-0.2, 0) is 4.79 Å². The molecule has 0 aliphatic carbocycles. The van der Waals surface area contributed by atoms with Crippen LogP contribution in [0.1, 0.15) is 31.2 Å². The Balaban J connectivity index is 1.64. The van der Waals surface area contributed by atoms with Crippen LogP contribution < -0.4 is 0 Å². The van der Waals surface area contributed by atoms with Crippen molar-refractivity contribution in [2.24, 2.45) is 0 Å². The Kier molecular flexibility index (Phi) is 7.29. The fraction of sp³-hybridized carbons (Fsp3) is 0.550. The molecule has 2 aliphatic rings. The average molecular weight is 390 g/mol. The van der Waals surface area contributed by atoms with Crippen LogP contribution in [0, 0.1) is 10.1 Å². The number of piperidine rings is 1. The molecular formula is C20H27N3O3S. The molecule has 6 nitrogen and oxygen atoms in total. The van der Waals surface area contributed by atoms with E-state index < -0.39 is 4.92 Å². The number of carbonyl (C=O) groups excluding carboxylic acids is 1. The predicted octanol–water partition coefficient (Wildman–Crippen LogP) is 3.43. The number of likely N-dealkylation sites (tertiary alicyclic amines) is 1. The van der Waals surface area contributed by atoms with E-state index in [1.165, 1.54) is 31.4 Å². The summed E-state index contributed by atoms with van der Waals surface area (Å²) >= 11 is 1.94. The van der Waals surface area contributed by atoms with Crippen molar-refractivity contribution in [3.05, 3.63) is 46.0 Å². The number of amides is 1. The van der Waals surface area contributed by atoms with E-state index >= 15 is 0 Å². The van der Waals surface area contributed by atoms with Crippen molar-refractivity contribution in [1.29, 1.82) is 0 Å². The second-order valence-corrected chi connectivity index (χ2v) is 8.31. The molecule has 146 valence electrons. The maximum absolute atomic E-state index is 12.9. The molecule has 1 atom stereocenters. The van der Waals surface area contributed by atoms with Crippen molar-refractivity contribution in [1.82, 2.24) is 9.80 Å². The van der Waals surface area contributed by atoms with Crippen molar-refractivity contribution in [2.75, 3.05) is 37.7 Å². The maximum Gasteiger partial charge on any atom is 0.269 e. The van der Waals surface area contributed by atoms with Gasteiger partial charge in [0.2, 0.25) is 5.91 Å². The minimum Gasteiger partial charge on any atom is -0.334 e. The molecule has 2 saturated heterocycles. The van der Waals surface area contributed by atoms with Crippen LogP contribution >= 0.6 is 11.8 Å². The first-order valence-electron chi connectivity index (χ1n) is 9.67. The summed E-state index contributed by atoms with van der Waals surface area (Å²) in [6.07, 6.45) is 8.22. The van der Waals surface area contributed by atoms with Gasteiger partial charge in [-0.1, -0.05) is 6.42 Å². The van der Waals surface area contributed by atoms with E-state index in [-0.39, 0.29) is 17.6 Å². The predicted molar refractivity (Wildman–Crippen MR) is 110 cm³/mol. The Morgan fingerprint density at radius 3 is 2.59 bits per heavy atom. The number of hydrogen-bond donors (Lipinski definition) is 0. The van der Waals surface area contributed by atoms with Crippen LogP contribution in [0.25, 0.3) is 6.08 Å². The van der Waals surface area contributed by atoms with E-state index in [1.54, 1.807) is 24.3 Å². The minimum absolute atomic E-state index is 0.0397. The quantitative estimate of drug-likeness (QED) is 0.438. The van der Waals surface area contributed by atoms with Crippen molar-refractivity contribution in [3.8, 4) is 0 Å². The summed E-state index contributed by atoms with van der Waals surface area (Å²) in [5.41, 5.74) is 0.857. The topological polar surface area (TPSA) is 66.7 Å². The summed E-state index contributed by atoms with van der Waals surface area (Å²) in [5.74, 6) is 2.14. The molecule has 1 aromatic rings. The highest BCUT2D eigenvalue weighted by atomic mass is 32.2. The van der Waals surface area contributed by atoms with Gasteiger partial charge in [-0.05, 0) is 61.9 Å². The van der Waals surface area contributed by atoms with Gasteiger partial charge in [-0.2, -0.15) is 11.8 Å². The number of non-ortho nitro benzene ring substituents is 1. The van der Waals surface area contributed by atoms with E-state index in [0.29, 0.717) is 0 Å². The zero-order valence-corrected chi connectivity index (χ0v) is 16.4. The van der Waals surface area contributed by atoms with E-state index in [0.717, 1.165) is 49.7 Å². The van der Waals surface area contributed by atoms with Crippen LogP contribution in [0.2, 0.25) is 0 Å². The summed E-state index contributed by atoms with van der Waals surface area (Å²) < 4.78 is 0. The van der Waals surface area contributed by atoms with Gasteiger partial charge < -0.3 is 9.80 Å². The lowest BCUT2D eigenvalue weighted by atomic mass is 10.1. The molecule has 2 aliphatic heterocycles. The van der Waals surface area contributed by atoms with Crippen molar-refractivity contribution >= 4 is 29.4 Å². The summed E-state index contributed by atoms with van der Waals surface area (Å²) in [6, 6.07) is 6.53. The fourth-order valence-corrected chi connectivity index (χ4v) is 4.74. The van der Waals surface area contributed by atoms with Gasteiger partial charge in [0.25, 0.3) is 5.69 Å². The van der Waals surface area contributed by atoms with E-state index in [1.807, 2.05) is 16.7 Å². The molecule has 0 aromatic heterocycles. The molecule has 3 rings (SSSR count). The van der Waals surface area contributed by atoms with Crippen molar-refractivity contribution in [3.63, 3.8) is 0 Å². The Bertz CT molecular complexity index is 672. The Morgan fingerprint density at radius 1 is 1.15 bits per heavy atom. The summed E-state index contributed by atoms with van der Waals surface area (Å²) in [6.45, 7) is 4.04. The van der Waals surface area contributed by atoms with Gasteiger partial charge in [-0.3, -0.25) is 14.9 Å². The van der Waals surface area contributed by atoms with Gasteiger partial charge >= 0.3 is 0 Å². The first-order chi connectivity index (χ1) is 13.1. The van der Waals surface area contributed by atoms with Gasteiger partial charge in [0.15, 0.2) is 0 Å². The zero-order chi connectivity index (χ0) is 19.1. The molecule has 0 radical (unpaired) electrons. The maximum atomic E-state index is 12.9. The number of thioether (sulfide) groups is 1. The monoisotopic (exact) mass is 389 g/mol. The lowest BCUT2D eigenvalue weighted by Crippen LogP contribution is -2.48. The third-order valence-corrected chi connectivity index (χ3v) is 6.36. The molecule has 2 heterocycles. The van der Waals surface area contributed by atoms with Crippen molar-refractivity contribution < 1.29 is 9.72 Å². The van der Waals surface area contributed by atoms with Crippen LogP contribution in [0.5, 0.6) is 0 Å². The van der Waals surface area contributed by atoms with E-state index in [4.69, 9.17) is 0 Å². The number of nitrogens with zero attached hydrogens (tertiary/aromatic N) is 3. The van der Waals surface area contributed by atoms with Gasteiger partial charge in [0.05, 0.1) is 11.0 Å². The largest absolute Gasteiger partial charge is 0.334 e. The molecule has 0 spiro atoms. The van der Waals surface area contributed by atoms with Crippen LogP contribution in [-0.4, -0.2) is 64.4 Å². The summed E-state index contributed by atoms with van der Waals surface area (Å²) in [5, 5.41) is 10.7. The lowest BCUT2D eigenvalue weighted by molar-refractivity contribution is -0.384. The van der Waals surface area contributed by atoms with Crippen LogP contribution in [0.4, 0.5) is 5.69 Å². The molecule has 0 N–H and O–H groups in total. The highest BCUT2D eigenvalue weighted by molar-refractivity contribution is 7.99. The molecule has 0 bridgehead atoms. The number of benzene rings is 1. The lowest BCUT2D eigenvalue weighted by Gasteiger charge is -2.35. The van der Waals surface area contributed by atoms with Gasteiger partial charge in [0, 0.05) is 37.1 Å². The number of carbonyl (C=O) groups is 1. The highest BCUT2D eigenvalue weighted by Crippen LogP contribution is 2.20. The van der Waals surface area contributed by atoms with E-state index in [9.17, 15) is 14.9 Å². The molecule has 0 saturated carbocycles. The SMILES string of the molecule is O=C(/C=C/c1ccc([N+](=O)[O-])cc1)N1CCCSCC1CN1CCCCC1. The minimum atomic E-state index is -0.418. The van der Waals surface area contributed by atoms with Gasteiger partial charge in [0.1, 0.15) is 0 Å². The average Bonchev–Trinajstić information content (AvgIpc) is 2.93. The van der Waals surface area contributed by atoms with Crippen LogP contribution in [0.15, 0.2) is 30.3 Å². The normalized spacial score (nSPS) is 21.9. The number of rotatable bonds is 5. The molecular weight excluding hydrogens is 362 g/mol. The number of nitro benzene ring substituents is 1. The Hall–Kier alpha value is -1.86. The van der Waals surface area contributed by atoms with Crippen molar-refractivity contribution in [2.45, 2.75) is 31.7 Å². The van der Waals surface area contributed by atoms with Crippen LogP contribution in [0.3, 0.4) is 0 Å². The zero-order valence-electron chi connectivity index (χ0n) is 15.6. The smallest absolute Gasteiger partial charge is 0.269 e. The van der Waals surface area contributed by atoms with E-state index in [2.05, 4.69) is 4.90 Å². The number of hydrogen-bond acceptors (Lipinski definition) is 5. The highest BCUT2D eigenvalue weighted by Gasteiger charge is 2.26. The molecule has 2 fully saturated rings. The second kappa shape index (κ2) is 9.90. The summed E-state index contributed by atoms with van der Waals surface area (Å²) in [4.78, 5) is 27.7.